The van der Waals surface area contributed by atoms with Crippen LogP contribution in [0.1, 0.15) is 63.1 Å². The van der Waals surface area contributed by atoms with Crippen LogP contribution in [0.5, 0.6) is 23.0 Å². The zero-order chi connectivity index (χ0) is 20.4. The Balaban J connectivity index is 1.87. The summed E-state index contributed by atoms with van der Waals surface area (Å²) in [5, 5.41) is 50.8. The van der Waals surface area contributed by atoms with E-state index in [1.165, 1.54) is 6.92 Å². The van der Waals surface area contributed by atoms with Crippen molar-refractivity contribution in [2.75, 3.05) is 6.61 Å². The molecule has 2 aromatic rings. The van der Waals surface area contributed by atoms with Gasteiger partial charge >= 0.3 is 0 Å². The predicted octanol–water partition coefficient (Wildman–Crippen LogP) is 1.89. The van der Waals surface area contributed by atoms with Crippen LogP contribution in [0.2, 0.25) is 0 Å². The minimum absolute atomic E-state index is 0.00472. The number of hydrogen-bond donors (Lipinski definition) is 5. The van der Waals surface area contributed by atoms with Gasteiger partial charge in [0.25, 0.3) is 0 Å². The maximum Gasteiger partial charge on any atom is 0.201 e. The summed E-state index contributed by atoms with van der Waals surface area (Å²) in [5.41, 5.74) is -1.01. The summed E-state index contributed by atoms with van der Waals surface area (Å²) in [4.78, 5) is 25.7. The number of phenols is 4. The molecule has 0 radical (unpaired) electrons. The van der Waals surface area contributed by atoms with E-state index in [4.69, 9.17) is 4.74 Å². The Kier molecular flexibility index (Phi) is 3.88. The molecule has 0 aromatic heterocycles. The van der Waals surface area contributed by atoms with Crippen molar-refractivity contribution < 1.29 is 39.9 Å². The zero-order valence-electron chi connectivity index (χ0n) is 14.9. The lowest BCUT2D eigenvalue weighted by molar-refractivity contribution is -0.215. The molecule has 1 aliphatic carbocycles. The Morgan fingerprint density at radius 3 is 2.29 bits per heavy atom. The Bertz CT molecular complexity index is 1030. The van der Waals surface area contributed by atoms with E-state index in [-0.39, 0.29) is 46.6 Å². The molecule has 2 atom stereocenters. The van der Waals surface area contributed by atoms with Crippen molar-refractivity contribution in [1.82, 2.24) is 0 Å². The Labute approximate surface area is 159 Å². The fourth-order valence-corrected chi connectivity index (χ4v) is 3.89. The van der Waals surface area contributed by atoms with Crippen LogP contribution < -0.4 is 0 Å². The molecule has 146 valence electrons. The molecule has 2 aliphatic rings. The van der Waals surface area contributed by atoms with Crippen LogP contribution in [-0.4, -0.2) is 49.5 Å². The van der Waals surface area contributed by atoms with Gasteiger partial charge in [-0.05, 0) is 25.5 Å². The van der Waals surface area contributed by atoms with Crippen molar-refractivity contribution >= 4 is 11.6 Å². The highest BCUT2D eigenvalue weighted by Crippen LogP contribution is 2.47. The summed E-state index contributed by atoms with van der Waals surface area (Å²) in [5.74, 6) is -5.21. The molecule has 0 saturated carbocycles. The number of rotatable bonds is 1. The number of hydrogen-bond acceptors (Lipinski definition) is 8. The van der Waals surface area contributed by atoms with Gasteiger partial charge in [0.15, 0.2) is 11.6 Å². The molecule has 1 heterocycles. The molecule has 1 aliphatic heterocycles. The number of carbonyl (C=O) groups excluding carboxylic acids is 2. The summed E-state index contributed by atoms with van der Waals surface area (Å²) in [6, 6.07) is 3.09. The number of phenolic OH excluding ortho intramolecular Hbond substituents is 4. The lowest BCUT2D eigenvalue weighted by atomic mass is 9.79. The third kappa shape index (κ3) is 2.61. The first-order chi connectivity index (χ1) is 13.1. The van der Waals surface area contributed by atoms with Crippen molar-refractivity contribution in [3.63, 3.8) is 0 Å². The largest absolute Gasteiger partial charge is 0.508 e. The SMILES string of the molecule is CC1(O)CCC(c2c(O)cc3c(c2O)C(=O)c2c(O)cc(O)cc2C3=O)CO1. The van der Waals surface area contributed by atoms with Gasteiger partial charge < -0.3 is 30.3 Å². The second-order valence-electron chi connectivity index (χ2n) is 7.35. The summed E-state index contributed by atoms with van der Waals surface area (Å²) < 4.78 is 5.34. The number of benzene rings is 2. The fraction of sp³-hybridized carbons (Fsp3) is 0.300. The van der Waals surface area contributed by atoms with E-state index in [2.05, 4.69) is 0 Å². The molecule has 4 rings (SSSR count). The van der Waals surface area contributed by atoms with Crippen LogP contribution in [0.25, 0.3) is 0 Å². The quantitative estimate of drug-likeness (QED) is 0.426. The van der Waals surface area contributed by atoms with Gasteiger partial charge in [-0.3, -0.25) is 9.59 Å². The average Bonchev–Trinajstić information content (AvgIpc) is 2.59. The van der Waals surface area contributed by atoms with Gasteiger partial charge in [-0.1, -0.05) is 0 Å². The Morgan fingerprint density at radius 2 is 1.64 bits per heavy atom. The van der Waals surface area contributed by atoms with E-state index in [1.807, 2.05) is 0 Å². The van der Waals surface area contributed by atoms with Crippen molar-refractivity contribution in [2.45, 2.75) is 31.5 Å². The normalized spacial score (nSPS) is 24.0. The second-order valence-corrected chi connectivity index (χ2v) is 7.35. The van der Waals surface area contributed by atoms with E-state index in [0.717, 1.165) is 18.2 Å². The van der Waals surface area contributed by atoms with Gasteiger partial charge in [0.05, 0.1) is 17.7 Å². The number of fused-ring (bicyclic) bond motifs is 2. The van der Waals surface area contributed by atoms with Crippen LogP contribution in [0.15, 0.2) is 18.2 Å². The summed E-state index contributed by atoms with van der Waals surface area (Å²) in [6.07, 6.45) is 0.633. The van der Waals surface area contributed by atoms with Crippen LogP contribution in [0, 0.1) is 0 Å². The molecular formula is C20H18O8. The third-order valence-electron chi connectivity index (χ3n) is 5.32. The average molecular weight is 386 g/mol. The minimum atomic E-state index is -1.31. The number of aliphatic hydroxyl groups is 1. The van der Waals surface area contributed by atoms with Crippen LogP contribution in [0.4, 0.5) is 0 Å². The van der Waals surface area contributed by atoms with Gasteiger partial charge in [-0.25, -0.2) is 0 Å². The molecular weight excluding hydrogens is 368 g/mol. The Hall–Kier alpha value is -3.10. The van der Waals surface area contributed by atoms with E-state index in [0.29, 0.717) is 6.42 Å². The van der Waals surface area contributed by atoms with E-state index >= 15 is 0 Å². The number of aromatic hydroxyl groups is 4. The fourth-order valence-electron chi connectivity index (χ4n) is 3.89. The zero-order valence-corrected chi connectivity index (χ0v) is 14.9. The first-order valence-corrected chi connectivity index (χ1v) is 8.71. The van der Waals surface area contributed by atoms with Crippen LogP contribution in [0.3, 0.4) is 0 Å². The highest BCUT2D eigenvalue weighted by Gasteiger charge is 2.39. The minimum Gasteiger partial charge on any atom is -0.508 e. The standard InChI is InChI=1S/C20H18O8/c1-20(27)3-2-8(7-28-20)14-13(23)6-11-16(18(14)25)19(26)15-10(17(11)24)4-9(21)5-12(15)22/h4-6,8,21-23,25,27H,2-3,7H2,1H3. The first kappa shape index (κ1) is 18.3. The van der Waals surface area contributed by atoms with Crippen molar-refractivity contribution in [3.8, 4) is 23.0 Å². The lowest BCUT2D eigenvalue weighted by Crippen LogP contribution is -2.35. The first-order valence-electron chi connectivity index (χ1n) is 8.71. The molecule has 1 saturated heterocycles. The van der Waals surface area contributed by atoms with Crippen molar-refractivity contribution in [2.24, 2.45) is 0 Å². The molecule has 1 fully saturated rings. The molecule has 2 aromatic carbocycles. The van der Waals surface area contributed by atoms with E-state index in [1.54, 1.807) is 0 Å². The summed E-state index contributed by atoms with van der Waals surface area (Å²) in [7, 11) is 0. The monoisotopic (exact) mass is 386 g/mol. The molecule has 0 bridgehead atoms. The molecule has 8 nitrogen and oxygen atoms in total. The predicted molar refractivity (Wildman–Crippen MR) is 95.0 cm³/mol. The maximum absolute atomic E-state index is 12.9. The summed E-state index contributed by atoms with van der Waals surface area (Å²) >= 11 is 0. The molecule has 0 spiro atoms. The van der Waals surface area contributed by atoms with Gasteiger partial charge in [0.1, 0.15) is 23.0 Å². The number of ketones is 2. The highest BCUT2D eigenvalue weighted by atomic mass is 16.6. The molecule has 28 heavy (non-hydrogen) atoms. The molecule has 8 heteroatoms. The third-order valence-corrected chi connectivity index (χ3v) is 5.32. The summed E-state index contributed by atoms with van der Waals surface area (Å²) in [6.45, 7) is 1.51. The van der Waals surface area contributed by atoms with Gasteiger partial charge in [0.2, 0.25) is 5.78 Å². The van der Waals surface area contributed by atoms with Gasteiger partial charge in [-0.15, -0.1) is 0 Å². The molecule has 5 N–H and O–H groups in total. The van der Waals surface area contributed by atoms with Crippen LogP contribution >= 0.6 is 0 Å². The second kappa shape index (κ2) is 5.95. The number of ether oxygens (including phenoxy) is 1. The lowest BCUT2D eigenvalue weighted by Gasteiger charge is -2.34. The Morgan fingerprint density at radius 1 is 0.964 bits per heavy atom. The van der Waals surface area contributed by atoms with Crippen molar-refractivity contribution in [3.05, 3.63) is 46.0 Å². The van der Waals surface area contributed by atoms with Crippen LogP contribution in [-0.2, 0) is 4.74 Å². The molecule has 0 amide bonds. The topological polar surface area (TPSA) is 145 Å². The number of carbonyl (C=O) groups is 2. The van der Waals surface area contributed by atoms with Crippen molar-refractivity contribution in [1.29, 1.82) is 0 Å². The van der Waals surface area contributed by atoms with E-state index in [9.17, 15) is 35.1 Å². The smallest absolute Gasteiger partial charge is 0.201 e. The molecule has 2 unspecified atom stereocenters. The highest BCUT2D eigenvalue weighted by molar-refractivity contribution is 6.30. The maximum atomic E-state index is 12.9. The van der Waals surface area contributed by atoms with Gasteiger partial charge in [0, 0.05) is 35.1 Å². The van der Waals surface area contributed by atoms with E-state index < -0.39 is 40.5 Å². The van der Waals surface area contributed by atoms with Gasteiger partial charge in [-0.2, -0.15) is 0 Å².